The van der Waals surface area contributed by atoms with E-state index in [-0.39, 0.29) is 19.2 Å². The largest absolute Gasteiger partial charge is 0.454 e. The maximum absolute atomic E-state index is 12.3. The first-order valence-corrected chi connectivity index (χ1v) is 8.40. The molecule has 0 saturated carbocycles. The second-order valence-electron chi connectivity index (χ2n) is 6.02. The first-order chi connectivity index (χ1) is 13.2. The molecule has 0 aliphatic carbocycles. The molecule has 27 heavy (non-hydrogen) atoms. The number of carbonyl (C=O) groups excluding carboxylic acids is 1. The predicted octanol–water partition coefficient (Wildman–Crippen LogP) is 3.14. The molecule has 3 aromatic rings. The fourth-order valence-electron chi connectivity index (χ4n) is 2.62. The van der Waals surface area contributed by atoms with E-state index in [4.69, 9.17) is 14.0 Å². The molecule has 1 amide bonds. The summed E-state index contributed by atoms with van der Waals surface area (Å²) < 4.78 is 15.8. The van der Waals surface area contributed by atoms with Crippen LogP contribution < -0.4 is 9.47 Å². The van der Waals surface area contributed by atoms with E-state index in [1.165, 1.54) is 11.0 Å². The fourth-order valence-corrected chi connectivity index (χ4v) is 2.62. The number of rotatable bonds is 5. The molecule has 4 rings (SSSR count). The van der Waals surface area contributed by atoms with Gasteiger partial charge in [-0.1, -0.05) is 41.6 Å². The fraction of sp³-hybridized carbons (Fsp3) is 0.150. The second kappa shape index (κ2) is 7.33. The van der Waals surface area contributed by atoms with Gasteiger partial charge in [-0.2, -0.15) is 4.98 Å². The lowest BCUT2D eigenvalue weighted by atomic mass is 10.2. The highest BCUT2D eigenvalue weighted by Gasteiger charge is 2.14. The molecule has 0 N–H and O–H groups in total. The van der Waals surface area contributed by atoms with Crippen LogP contribution >= 0.6 is 0 Å². The van der Waals surface area contributed by atoms with E-state index in [1.54, 1.807) is 13.1 Å². The van der Waals surface area contributed by atoms with Crippen molar-refractivity contribution < 1.29 is 18.8 Å². The highest BCUT2D eigenvalue weighted by molar-refractivity contribution is 5.91. The highest BCUT2D eigenvalue weighted by Crippen LogP contribution is 2.32. The van der Waals surface area contributed by atoms with Crippen LogP contribution in [-0.2, 0) is 11.3 Å². The number of ether oxygens (including phenoxy) is 2. The van der Waals surface area contributed by atoms with Gasteiger partial charge in [0, 0.05) is 18.7 Å². The maximum atomic E-state index is 12.3. The molecule has 0 radical (unpaired) electrons. The van der Waals surface area contributed by atoms with Gasteiger partial charge in [0.2, 0.25) is 24.4 Å². The van der Waals surface area contributed by atoms with Gasteiger partial charge >= 0.3 is 0 Å². The van der Waals surface area contributed by atoms with Crippen molar-refractivity contribution in [1.82, 2.24) is 15.0 Å². The Kier molecular flexibility index (Phi) is 4.57. The number of carbonyl (C=O) groups is 1. The van der Waals surface area contributed by atoms with Crippen molar-refractivity contribution in [2.45, 2.75) is 6.54 Å². The summed E-state index contributed by atoms with van der Waals surface area (Å²) >= 11 is 0. The van der Waals surface area contributed by atoms with Crippen molar-refractivity contribution in [2.75, 3.05) is 13.8 Å². The Morgan fingerprint density at radius 3 is 2.81 bits per heavy atom. The number of benzene rings is 2. The summed E-state index contributed by atoms with van der Waals surface area (Å²) in [5.74, 6) is 2.09. The minimum atomic E-state index is -0.174. The first-order valence-electron chi connectivity index (χ1n) is 8.40. The third-order valence-electron chi connectivity index (χ3n) is 4.06. The second-order valence-corrected chi connectivity index (χ2v) is 6.02. The molecule has 7 nitrogen and oxygen atoms in total. The van der Waals surface area contributed by atoms with Gasteiger partial charge in [-0.15, -0.1) is 0 Å². The van der Waals surface area contributed by atoms with Crippen LogP contribution in [0.15, 0.2) is 59.1 Å². The summed E-state index contributed by atoms with van der Waals surface area (Å²) in [4.78, 5) is 18.2. The van der Waals surface area contributed by atoms with Gasteiger partial charge in [0.1, 0.15) is 0 Å². The Bertz CT molecular complexity index is 982. The van der Waals surface area contributed by atoms with Crippen molar-refractivity contribution in [3.8, 4) is 22.9 Å². The molecule has 1 aliphatic rings. The van der Waals surface area contributed by atoms with Crippen molar-refractivity contribution >= 4 is 12.0 Å². The summed E-state index contributed by atoms with van der Waals surface area (Å²) in [5.41, 5.74) is 1.72. The summed E-state index contributed by atoms with van der Waals surface area (Å²) in [6, 6.07) is 15.0. The van der Waals surface area contributed by atoms with E-state index in [2.05, 4.69) is 10.1 Å². The lowest BCUT2D eigenvalue weighted by Crippen LogP contribution is -2.24. The average molecular weight is 363 g/mol. The minimum absolute atomic E-state index is 0.174. The lowest BCUT2D eigenvalue weighted by molar-refractivity contribution is -0.125. The molecule has 7 heteroatoms. The Morgan fingerprint density at radius 2 is 1.96 bits per heavy atom. The van der Waals surface area contributed by atoms with Gasteiger partial charge < -0.3 is 18.9 Å². The Labute approximate surface area is 155 Å². The van der Waals surface area contributed by atoms with Crippen LogP contribution in [-0.4, -0.2) is 34.8 Å². The molecule has 0 unspecified atom stereocenters. The van der Waals surface area contributed by atoms with Crippen LogP contribution in [0.1, 0.15) is 11.5 Å². The molecular weight excluding hydrogens is 346 g/mol. The predicted molar refractivity (Wildman–Crippen MR) is 97.8 cm³/mol. The minimum Gasteiger partial charge on any atom is -0.454 e. The number of amides is 1. The molecule has 0 spiro atoms. The highest BCUT2D eigenvalue weighted by atomic mass is 16.7. The third kappa shape index (κ3) is 3.82. The normalized spacial score (nSPS) is 12.5. The molecule has 0 atom stereocenters. The SMILES string of the molecule is CN(Cc1nc(-c2ccccc2)no1)C(=O)/C=C/c1ccc2c(c1)OCO2. The van der Waals surface area contributed by atoms with Crippen molar-refractivity contribution in [2.24, 2.45) is 0 Å². The van der Waals surface area contributed by atoms with Crippen LogP contribution in [0, 0.1) is 0 Å². The number of hydrogen-bond acceptors (Lipinski definition) is 6. The van der Waals surface area contributed by atoms with E-state index < -0.39 is 0 Å². The molecule has 1 aromatic heterocycles. The molecule has 2 aromatic carbocycles. The Morgan fingerprint density at radius 1 is 1.15 bits per heavy atom. The van der Waals surface area contributed by atoms with E-state index in [0.29, 0.717) is 23.2 Å². The van der Waals surface area contributed by atoms with Crippen LogP contribution in [0.2, 0.25) is 0 Å². The van der Waals surface area contributed by atoms with Crippen molar-refractivity contribution in [3.63, 3.8) is 0 Å². The number of aromatic nitrogens is 2. The Balaban J connectivity index is 1.39. The van der Waals surface area contributed by atoms with Gasteiger partial charge in [0.15, 0.2) is 11.5 Å². The van der Waals surface area contributed by atoms with Crippen molar-refractivity contribution in [1.29, 1.82) is 0 Å². The zero-order valence-electron chi connectivity index (χ0n) is 14.7. The van der Waals surface area contributed by atoms with Gasteiger partial charge in [0.05, 0.1) is 6.54 Å². The molecule has 0 bridgehead atoms. The van der Waals surface area contributed by atoms with Crippen LogP contribution in [0.4, 0.5) is 0 Å². The van der Waals surface area contributed by atoms with E-state index in [0.717, 1.165) is 11.1 Å². The summed E-state index contributed by atoms with van der Waals surface area (Å²) in [6.45, 7) is 0.448. The number of hydrogen-bond donors (Lipinski definition) is 0. The summed E-state index contributed by atoms with van der Waals surface area (Å²) in [5, 5.41) is 3.96. The van der Waals surface area contributed by atoms with E-state index in [1.807, 2.05) is 48.5 Å². The number of nitrogens with zero attached hydrogens (tertiary/aromatic N) is 3. The molecule has 0 fully saturated rings. The zero-order valence-corrected chi connectivity index (χ0v) is 14.7. The van der Waals surface area contributed by atoms with Crippen LogP contribution in [0.25, 0.3) is 17.5 Å². The van der Waals surface area contributed by atoms with Gasteiger partial charge in [-0.3, -0.25) is 4.79 Å². The molecular formula is C20H17N3O4. The van der Waals surface area contributed by atoms with Crippen LogP contribution in [0.5, 0.6) is 11.5 Å². The smallest absolute Gasteiger partial charge is 0.246 e. The zero-order chi connectivity index (χ0) is 18.6. The summed E-state index contributed by atoms with van der Waals surface area (Å²) in [6.07, 6.45) is 3.22. The lowest BCUT2D eigenvalue weighted by Gasteiger charge is -2.11. The topological polar surface area (TPSA) is 77.7 Å². The standard InChI is InChI=1S/C20H17N3O4/c1-23(12-18-21-20(22-27-18)15-5-3-2-4-6-15)19(24)10-8-14-7-9-16-17(11-14)26-13-25-16/h2-11H,12-13H2,1H3/b10-8+. The van der Waals surface area contributed by atoms with E-state index >= 15 is 0 Å². The van der Waals surface area contributed by atoms with Gasteiger partial charge in [0.25, 0.3) is 0 Å². The maximum Gasteiger partial charge on any atom is 0.246 e. The van der Waals surface area contributed by atoms with E-state index in [9.17, 15) is 4.79 Å². The van der Waals surface area contributed by atoms with Gasteiger partial charge in [-0.25, -0.2) is 0 Å². The molecule has 1 aliphatic heterocycles. The molecule has 0 saturated heterocycles. The molecule has 2 heterocycles. The number of fused-ring (bicyclic) bond motifs is 1. The van der Waals surface area contributed by atoms with Gasteiger partial charge in [-0.05, 0) is 23.8 Å². The average Bonchev–Trinajstić information content (AvgIpc) is 3.35. The third-order valence-corrected chi connectivity index (χ3v) is 4.06. The van der Waals surface area contributed by atoms with Crippen LogP contribution in [0.3, 0.4) is 0 Å². The molecule has 136 valence electrons. The van der Waals surface area contributed by atoms with Crippen molar-refractivity contribution in [3.05, 3.63) is 66.1 Å². The Hall–Kier alpha value is -3.61. The summed E-state index contributed by atoms with van der Waals surface area (Å²) in [7, 11) is 1.68. The first kappa shape index (κ1) is 16.8. The monoisotopic (exact) mass is 363 g/mol. The quantitative estimate of drug-likeness (QED) is 0.648. The number of likely N-dealkylation sites (N-methyl/N-ethyl adjacent to an activating group) is 1.